The van der Waals surface area contributed by atoms with Crippen molar-refractivity contribution in [2.24, 2.45) is 0 Å². The van der Waals surface area contributed by atoms with E-state index in [1.165, 1.54) is 15.5 Å². The first-order valence-corrected chi connectivity index (χ1v) is 8.92. The second-order valence-electron chi connectivity index (χ2n) is 6.42. The fraction of sp³-hybridized carbons (Fsp3) is 0.444. The molecule has 3 heterocycles. The fourth-order valence-corrected chi connectivity index (χ4v) is 4.90. The van der Waals surface area contributed by atoms with Gasteiger partial charge in [-0.1, -0.05) is 30.0 Å². The Balaban J connectivity index is 1.78. The van der Waals surface area contributed by atoms with Crippen LogP contribution in [0.15, 0.2) is 52.5 Å². The number of piperazine rings is 1. The molecule has 0 spiro atoms. The number of rotatable bonds is 1. The molecule has 0 bridgehead atoms. The molecule has 2 aromatic rings. The molecule has 2 unspecified atom stereocenters. The van der Waals surface area contributed by atoms with E-state index in [0.717, 1.165) is 26.2 Å². The Morgan fingerprint density at radius 3 is 2.59 bits per heavy atom. The summed E-state index contributed by atoms with van der Waals surface area (Å²) in [6.45, 7) is 7.01. The lowest BCUT2D eigenvalue weighted by Crippen LogP contribution is -2.47. The van der Waals surface area contributed by atoms with Crippen molar-refractivity contribution in [1.29, 1.82) is 0 Å². The maximum Gasteiger partial charge on any atom is 0.0799 e. The van der Waals surface area contributed by atoms with E-state index in [4.69, 9.17) is 0 Å². The van der Waals surface area contributed by atoms with E-state index in [-0.39, 0.29) is 0 Å². The topological polar surface area (TPSA) is 11.4 Å². The van der Waals surface area contributed by atoms with Gasteiger partial charge in [0, 0.05) is 37.3 Å². The zero-order chi connectivity index (χ0) is 15.1. The van der Waals surface area contributed by atoms with Gasteiger partial charge >= 0.3 is 0 Å². The molecule has 2 aliphatic rings. The lowest BCUT2D eigenvalue weighted by Gasteiger charge is -2.41. The highest BCUT2D eigenvalue weighted by Gasteiger charge is 2.33. The Labute approximate surface area is 136 Å². The summed E-state index contributed by atoms with van der Waals surface area (Å²) in [6, 6.07) is 14.3. The summed E-state index contributed by atoms with van der Waals surface area (Å²) in [4.78, 5) is 6.52. The van der Waals surface area contributed by atoms with Gasteiger partial charge in [0.1, 0.15) is 0 Å². The minimum absolute atomic E-state index is 0.463. The summed E-state index contributed by atoms with van der Waals surface area (Å²) in [5, 5.41) is 1.36. The van der Waals surface area contributed by atoms with Crippen molar-refractivity contribution in [1.82, 2.24) is 14.4 Å². The zero-order valence-electron chi connectivity index (χ0n) is 13.3. The molecule has 1 aromatic carbocycles. The average Bonchev–Trinajstić information content (AvgIpc) is 2.95. The monoisotopic (exact) mass is 313 g/mol. The predicted octanol–water partition coefficient (Wildman–Crippen LogP) is 3.50. The Morgan fingerprint density at radius 1 is 1.00 bits per heavy atom. The Bertz CT molecular complexity index is 658. The van der Waals surface area contributed by atoms with Crippen LogP contribution in [0.4, 0.5) is 0 Å². The number of hydrogen-bond donors (Lipinski definition) is 0. The van der Waals surface area contributed by atoms with Crippen molar-refractivity contribution in [2.45, 2.75) is 28.9 Å². The van der Waals surface area contributed by atoms with Crippen LogP contribution in [0.1, 0.15) is 24.6 Å². The number of fused-ring (bicyclic) bond motifs is 2. The van der Waals surface area contributed by atoms with Crippen LogP contribution in [-0.2, 0) is 0 Å². The molecule has 4 rings (SSSR count). The van der Waals surface area contributed by atoms with Gasteiger partial charge in [-0.2, -0.15) is 0 Å². The van der Waals surface area contributed by atoms with Crippen molar-refractivity contribution in [2.75, 3.05) is 33.2 Å². The van der Waals surface area contributed by atoms with Crippen molar-refractivity contribution in [3.05, 3.63) is 48.2 Å². The molecule has 116 valence electrons. The number of aromatic nitrogens is 1. The van der Waals surface area contributed by atoms with Crippen LogP contribution in [0.3, 0.4) is 0 Å². The normalized spacial score (nSPS) is 26.3. The first kappa shape index (κ1) is 14.4. The number of benzene rings is 1. The quantitative estimate of drug-likeness (QED) is 0.799. The summed E-state index contributed by atoms with van der Waals surface area (Å²) >= 11 is 1.91. The van der Waals surface area contributed by atoms with Gasteiger partial charge in [0.05, 0.1) is 17.1 Å². The van der Waals surface area contributed by atoms with Gasteiger partial charge in [0.25, 0.3) is 0 Å². The van der Waals surface area contributed by atoms with Crippen LogP contribution in [0.25, 0.3) is 0 Å². The molecule has 22 heavy (non-hydrogen) atoms. The zero-order valence-corrected chi connectivity index (χ0v) is 14.1. The summed E-state index contributed by atoms with van der Waals surface area (Å²) in [5.41, 5.74) is 1.49. The summed E-state index contributed by atoms with van der Waals surface area (Å²) < 4.78 is 2.45. The number of likely N-dealkylation sites (N-methyl/N-ethyl adjacent to an activating group) is 1. The molecule has 0 N–H and O–H groups in total. The second kappa shape index (κ2) is 5.76. The van der Waals surface area contributed by atoms with Gasteiger partial charge in [-0.05, 0) is 37.7 Å². The molecular weight excluding hydrogens is 290 g/mol. The largest absolute Gasteiger partial charge is 0.338 e. The molecule has 3 nitrogen and oxygen atoms in total. The molecular formula is C18H23N3S. The summed E-state index contributed by atoms with van der Waals surface area (Å²) in [7, 11) is 2.22. The average molecular weight is 313 g/mol. The van der Waals surface area contributed by atoms with Crippen molar-refractivity contribution < 1.29 is 0 Å². The molecule has 1 fully saturated rings. The van der Waals surface area contributed by atoms with E-state index in [1.54, 1.807) is 0 Å². The smallest absolute Gasteiger partial charge is 0.0799 e. The van der Waals surface area contributed by atoms with Crippen LogP contribution in [0, 0.1) is 0 Å². The van der Waals surface area contributed by atoms with Gasteiger partial charge in [-0.25, -0.2) is 0 Å². The highest BCUT2D eigenvalue weighted by atomic mass is 32.2. The Hall–Kier alpha value is -1.23. The third kappa shape index (κ3) is 2.39. The van der Waals surface area contributed by atoms with Gasteiger partial charge in [0.15, 0.2) is 0 Å². The predicted molar refractivity (Wildman–Crippen MR) is 91.5 cm³/mol. The van der Waals surface area contributed by atoms with Crippen LogP contribution >= 0.6 is 11.8 Å². The molecule has 0 amide bonds. The summed E-state index contributed by atoms with van der Waals surface area (Å²) in [5.74, 6) is 0. The maximum atomic E-state index is 2.68. The molecule has 4 heteroatoms. The van der Waals surface area contributed by atoms with Crippen molar-refractivity contribution in [3.8, 4) is 0 Å². The van der Waals surface area contributed by atoms with E-state index in [0.29, 0.717) is 12.1 Å². The molecule has 0 radical (unpaired) electrons. The molecule has 1 aromatic heterocycles. The highest BCUT2D eigenvalue weighted by molar-refractivity contribution is 7.99. The molecule has 2 aliphatic heterocycles. The van der Waals surface area contributed by atoms with Crippen LogP contribution < -0.4 is 0 Å². The van der Waals surface area contributed by atoms with Gasteiger partial charge in [-0.15, -0.1) is 0 Å². The van der Waals surface area contributed by atoms with Crippen LogP contribution in [0.2, 0.25) is 0 Å². The fourth-order valence-electron chi connectivity index (χ4n) is 3.75. The minimum atomic E-state index is 0.463. The standard InChI is InChI=1S/C18H23N3S/c1-14-18(20-12-10-19(2)11-13-20)15-6-3-4-7-16(15)22-17-8-5-9-21(14)17/h3-9,14,18H,10-13H2,1-2H3. The molecule has 0 aliphatic carbocycles. The van der Waals surface area contributed by atoms with Crippen LogP contribution in [0.5, 0.6) is 0 Å². The number of hydrogen-bond acceptors (Lipinski definition) is 3. The Kier molecular flexibility index (Phi) is 3.76. The van der Waals surface area contributed by atoms with E-state index in [9.17, 15) is 0 Å². The molecule has 0 saturated carbocycles. The summed E-state index contributed by atoms with van der Waals surface area (Å²) in [6.07, 6.45) is 2.24. The lowest BCUT2D eigenvalue weighted by molar-refractivity contribution is 0.0840. The second-order valence-corrected chi connectivity index (χ2v) is 7.48. The number of nitrogens with zero attached hydrogens (tertiary/aromatic N) is 3. The molecule has 2 atom stereocenters. The third-order valence-electron chi connectivity index (χ3n) is 5.02. The van der Waals surface area contributed by atoms with Crippen molar-refractivity contribution in [3.63, 3.8) is 0 Å². The third-order valence-corrected chi connectivity index (χ3v) is 6.17. The van der Waals surface area contributed by atoms with Crippen molar-refractivity contribution >= 4 is 11.8 Å². The van der Waals surface area contributed by atoms with Gasteiger partial charge in [-0.3, -0.25) is 4.90 Å². The first-order chi connectivity index (χ1) is 10.7. The highest BCUT2D eigenvalue weighted by Crippen LogP contribution is 2.45. The first-order valence-electron chi connectivity index (χ1n) is 8.10. The van der Waals surface area contributed by atoms with E-state index in [1.807, 2.05) is 11.8 Å². The van der Waals surface area contributed by atoms with Crippen LogP contribution in [-0.4, -0.2) is 47.6 Å². The maximum absolute atomic E-state index is 2.68. The SMILES string of the molecule is CC1C(N2CCN(C)CC2)c2ccccc2Sc2cccn21. The molecule has 1 saturated heterocycles. The van der Waals surface area contributed by atoms with Gasteiger partial charge < -0.3 is 9.47 Å². The minimum Gasteiger partial charge on any atom is -0.338 e. The van der Waals surface area contributed by atoms with E-state index in [2.05, 4.69) is 70.9 Å². The van der Waals surface area contributed by atoms with E-state index >= 15 is 0 Å². The van der Waals surface area contributed by atoms with Gasteiger partial charge in [0.2, 0.25) is 0 Å². The lowest BCUT2D eigenvalue weighted by atomic mass is 9.97. The van der Waals surface area contributed by atoms with E-state index < -0.39 is 0 Å². The Morgan fingerprint density at radius 2 is 1.77 bits per heavy atom.